The molecule has 13 heteroatoms. The first kappa shape index (κ1) is 35.9. The minimum atomic E-state index is -0.626. The molecular weight excluding hydrogens is 750 g/mol. The number of hydrogen-bond acceptors (Lipinski definition) is 9. The van der Waals surface area contributed by atoms with Crippen LogP contribution in [-0.4, -0.2) is 94.7 Å². The van der Waals surface area contributed by atoms with Crippen LogP contribution in [0.25, 0.3) is 11.3 Å². The second-order valence-electron chi connectivity index (χ2n) is 14.4. The van der Waals surface area contributed by atoms with E-state index in [0.29, 0.717) is 41.6 Å². The van der Waals surface area contributed by atoms with Crippen LogP contribution in [0.15, 0.2) is 83.3 Å². The normalized spacial score (nSPS) is 19.9. The molecule has 4 aromatic rings. The fourth-order valence-electron chi connectivity index (χ4n) is 8.17. The van der Waals surface area contributed by atoms with E-state index in [1.165, 1.54) is 0 Å². The predicted molar refractivity (Wildman–Crippen MR) is 207 cm³/mol. The molecule has 3 saturated heterocycles. The zero-order valence-electron chi connectivity index (χ0n) is 29.9. The van der Waals surface area contributed by atoms with Gasteiger partial charge in [-0.25, -0.2) is 4.98 Å². The number of carbonyl (C=O) groups excluding carboxylic acids is 4. The molecule has 1 aromatic heterocycles. The molecule has 12 nitrogen and oxygen atoms in total. The van der Waals surface area contributed by atoms with Crippen molar-refractivity contribution < 1.29 is 23.9 Å². The highest BCUT2D eigenvalue weighted by Gasteiger charge is 2.40. The van der Waals surface area contributed by atoms with Crippen LogP contribution in [-0.2, 0) is 22.7 Å². The average Bonchev–Trinajstić information content (AvgIpc) is 3.51. The summed E-state index contributed by atoms with van der Waals surface area (Å²) in [5, 5.41) is 2.37. The summed E-state index contributed by atoms with van der Waals surface area (Å²) in [4.78, 5) is 63.7. The topological polar surface area (TPSA) is 141 Å². The van der Waals surface area contributed by atoms with Gasteiger partial charge in [-0.05, 0) is 101 Å². The first-order valence-corrected chi connectivity index (χ1v) is 19.3. The van der Waals surface area contributed by atoms with Gasteiger partial charge in [-0.2, -0.15) is 0 Å². The maximum Gasteiger partial charge on any atom is 0.256 e. The van der Waals surface area contributed by atoms with Gasteiger partial charge in [-0.3, -0.25) is 34.3 Å². The number of aromatic nitrogens is 1. The first-order valence-electron chi connectivity index (χ1n) is 18.5. The summed E-state index contributed by atoms with van der Waals surface area (Å²) in [7, 11) is 0. The lowest BCUT2D eigenvalue weighted by Crippen LogP contribution is -2.53. The number of fused-ring (bicyclic) bond motifs is 1. The number of piperidine rings is 2. The van der Waals surface area contributed by atoms with Crippen molar-refractivity contribution in [3.63, 3.8) is 0 Å². The van der Waals surface area contributed by atoms with E-state index in [0.717, 1.165) is 91.4 Å². The van der Waals surface area contributed by atoms with E-state index in [9.17, 15) is 19.2 Å². The van der Waals surface area contributed by atoms with Gasteiger partial charge in [0, 0.05) is 74.9 Å². The Labute approximate surface area is 322 Å². The van der Waals surface area contributed by atoms with Crippen molar-refractivity contribution in [3.05, 3.63) is 106 Å². The van der Waals surface area contributed by atoms with Crippen LogP contribution < -0.4 is 20.7 Å². The SMILES string of the molecule is NC(=O)c1ccc(N2CCC(N3CCN(Cc4cc(Br)c5c(c4)CN(C4CCC(=O)NC4=O)C5=O)CC3)CC2)nc1-c1ccc(Oc2ccccc2)cc1. The van der Waals surface area contributed by atoms with Crippen molar-refractivity contribution in [2.75, 3.05) is 44.2 Å². The van der Waals surface area contributed by atoms with Gasteiger partial charge in [-0.1, -0.05) is 24.3 Å². The van der Waals surface area contributed by atoms with E-state index in [-0.39, 0.29) is 18.2 Å². The van der Waals surface area contributed by atoms with Crippen LogP contribution in [0.2, 0.25) is 0 Å². The number of primary amides is 1. The zero-order chi connectivity index (χ0) is 37.3. The van der Waals surface area contributed by atoms with Crippen molar-refractivity contribution in [1.82, 2.24) is 25.0 Å². The van der Waals surface area contributed by atoms with Crippen molar-refractivity contribution in [2.24, 2.45) is 5.73 Å². The molecule has 4 aliphatic heterocycles. The van der Waals surface area contributed by atoms with Crippen LogP contribution in [0.3, 0.4) is 0 Å². The van der Waals surface area contributed by atoms with Gasteiger partial charge in [0.2, 0.25) is 11.8 Å². The summed E-state index contributed by atoms with van der Waals surface area (Å²) in [6.07, 6.45) is 2.63. The molecule has 0 radical (unpaired) electrons. The van der Waals surface area contributed by atoms with Crippen LogP contribution in [0.4, 0.5) is 5.82 Å². The zero-order valence-corrected chi connectivity index (χ0v) is 31.5. The fraction of sp³-hybridized carbons (Fsp3) is 0.341. The summed E-state index contributed by atoms with van der Waals surface area (Å²) in [6, 6.07) is 24.8. The van der Waals surface area contributed by atoms with Crippen molar-refractivity contribution in [2.45, 2.75) is 50.9 Å². The summed E-state index contributed by atoms with van der Waals surface area (Å²) < 4.78 is 6.70. The standard InChI is InChI=1S/C41H42BrN7O5/c42-33-23-26(22-28-25-49(41(53)37(28)33)34-11-13-36(50)45-40(34)52)24-46-18-20-47(21-19-46)29-14-16-48(17-15-29)35-12-10-32(39(43)51)38(44-35)27-6-8-31(9-7-27)54-30-4-2-1-3-5-30/h1-10,12,22-23,29,34H,11,13-21,24-25H2,(H2,43,51)(H,45,50,52). The number of amides is 4. The Balaban J connectivity index is 0.852. The summed E-state index contributed by atoms with van der Waals surface area (Å²) in [6.45, 7) is 6.75. The molecule has 54 heavy (non-hydrogen) atoms. The number of hydrogen-bond donors (Lipinski definition) is 2. The van der Waals surface area contributed by atoms with E-state index >= 15 is 0 Å². The monoisotopic (exact) mass is 791 g/mol. The predicted octanol–water partition coefficient (Wildman–Crippen LogP) is 4.95. The average molecular weight is 793 g/mol. The van der Waals surface area contributed by atoms with Gasteiger partial charge in [0.1, 0.15) is 23.4 Å². The molecule has 8 rings (SSSR count). The maximum absolute atomic E-state index is 13.3. The van der Waals surface area contributed by atoms with Gasteiger partial charge in [0.05, 0.1) is 16.8 Å². The Morgan fingerprint density at radius 3 is 2.30 bits per heavy atom. The number of ether oxygens (including phenoxy) is 1. The molecule has 0 bridgehead atoms. The van der Waals surface area contributed by atoms with Crippen molar-refractivity contribution in [1.29, 1.82) is 0 Å². The Morgan fingerprint density at radius 1 is 0.870 bits per heavy atom. The highest BCUT2D eigenvalue weighted by molar-refractivity contribution is 9.10. The number of imide groups is 1. The van der Waals surface area contributed by atoms with Crippen LogP contribution in [0.1, 0.15) is 57.5 Å². The molecule has 0 spiro atoms. The number of halogens is 1. The summed E-state index contributed by atoms with van der Waals surface area (Å²) in [5.74, 6) is 0.912. The molecule has 4 amide bonds. The van der Waals surface area contributed by atoms with Gasteiger partial charge in [0.25, 0.3) is 11.8 Å². The molecule has 5 heterocycles. The smallest absolute Gasteiger partial charge is 0.256 e. The number of rotatable bonds is 9. The van der Waals surface area contributed by atoms with Crippen molar-refractivity contribution >= 4 is 45.4 Å². The second kappa shape index (κ2) is 15.3. The number of piperazine rings is 1. The van der Waals surface area contributed by atoms with Crippen LogP contribution >= 0.6 is 15.9 Å². The van der Waals surface area contributed by atoms with Crippen molar-refractivity contribution in [3.8, 4) is 22.8 Å². The maximum atomic E-state index is 13.3. The van der Waals surface area contributed by atoms with E-state index < -0.39 is 17.9 Å². The van der Waals surface area contributed by atoms with E-state index in [4.69, 9.17) is 15.5 Å². The number of carbonyl (C=O) groups is 4. The molecule has 1 atom stereocenters. The van der Waals surface area contributed by atoms with Gasteiger partial charge in [-0.15, -0.1) is 0 Å². The lowest BCUT2D eigenvalue weighted by molar-refractivity contribution is -0.136. The Hall–Kier alpha value is -5.11. The highest BCUT2D eigenvalue weighted by atomic mass is 79.9. The second-order valence-corrected chi connectivity index (χ2v) is 15.3. The lowest BCUT2D eigenvalue weighted by Gasteiger charge is -2.43. The molecule has 3 N–H and O–H groups in total. The minimum absolute atomic E-state index is 0.170. The number of nitrogens with one attached hydrogen (secondary N) is 1. The van der Waals surface area contributed by atoms with Crippen LogP contribution in [0.5, 0.6) is 11.5 Å². The first-order chi connectivity index (χ1) is 26.2. The number of pyridine rings is 1. The fourth-order valence-corrected chi connectivity index (χ4v) is 8.88. The number of para-hydroxylation sites is 1. The van der Waals surface area contributed by atoms with Gasteiger partial charge < -0.3 is 20.3 Å². The number of nitrogens with two attached hydrogens (primary N) is 1. The lowest BCUT2D eigenvalue weighted by atomic mass is 10.0. The summed E-state index contributed by atoms with van der Waals surface area (Å²) >= 11 is 3.64. The third-order valence-corrected chi connectivity index (χ3v) is 11.6. The third-order valence-electron chi connectivity index (χ3n) is 11.0. The number of nitrogens with zero attached hydrogens (tertiary/aromatic N) is 5. The Morgan fingerprint density at radius 2 is 1.59 bits per heavy atom. The molecule has 0 saturated carbocycles. The quantitative estimate of drug-likeness (QED) is 0.226. The molecule has 3 fully saturated rings. The molecule has 0 aliphatic carbocycles. The largest absolute Gasteiger partial charge is 0.457 e. The van der Waals surface area contributed by atoms with Gasteiger partial charge in [0.15, 0.2) is 0 Å². The summed E-state index contributed by atoms with van der Waals surface area (Å²) in [5.41, 5.74) is 10.2. The number of benzene rings is 3. The van der Waals surface area contributed by atoms with E-state index in [1.807, 2.05) is 66.7 Å². The van der Waals surface area contributed by atoms with Gasteiger partial charge >= 0.3 is 0 Å². The molecule has 278 valence electrons. The molecular formula is C41H42BrN7O5. The van der Waals surface area contributed by atoms with E-state index in [2.05, 4.69) is 42.0 Å². The Kier molecular flexibility index (Phi) is 10.2. The van der Waals surface area contributed by atoms with E-state index in [1.54, 1.807) is 11.0 Å². The molecule has 4 aliphatic rings. The number of anilines is 1. The Bertz CT molecular complexity index is 2080. The minimum Gasteiger partial charge on any atom is -0.457 e. The molecule has 1 unspecified atom stereocenters. The van der Waals surface area contributed by atoms with Crippen LogP contribution in [0, 0.1) is 0 Å². The third kappa shape index (κ3) is 7.48. The molecule has 3 aromatic carbocycles. The highest BCUT2D eigenvalue weighted by Crippen LogP contribution is 2.35.